The van der Waals surface area contributed by atoms with Gasteiger partial charge in [-0.2, -0.15) is 5.26 Å². The number of thiazole rings is 1. The van der Waals surface area contributed by atoms with Gasteiger partial charge in [0, 0.05) is 43.8 Å². The highest BCUT2D eigenvalue weighted by Gasteiger charge is 2.08. The Balaban J connectivity index is 1.41. The molecule has 0 aliphatic rings. The molecule has 4 aromatic rings. The van der Waals surface area contributed by atoms with E-state index >= 15 is 0 Å². The first-order valence-corrected chi connectivity index (χ1v) is 10.9. The van der Waals surface area contributed by atoms with Gasteiger partial charge in [-0.05, 0) is 29.3 Å². The minimum atomic E-state index is 0.501. The van der Waals surface area contributed by atoms with Gasteiger partial charge in [0.05, 0.1) is 6.07 Å². The summed E-state index contributed by atoms with van der Waals surface area (Å²) in [4.78, 5) is 15.7. The van der Waals surface area contributed by atoms with Crippen molar-refractivity contribution in [3.8, 4) is 16.8 Å². The Hall–Kier alpha value is -3.60. The zero-order chi connectivity index (χ0) is 21.3. The average molecular weight is 427 g/mol. The number of benzene rings is 1. The summed E-state index contributed by atoms with van der Waals surface area (Å²) in [6, 6.07) is 22.4. The summed E-state index contributed by atoms with van der Waals surface area (Å²) < 4.78 is 0. The summed E-state index contributed by atoms with van der Waals surface area (Å²) in [6.07, 6.45) is 4.15. The molecule has 0 spiro atoms. The number of rotatable bonds is 9. The van der Waals surface area contributed by atoms with Gasteiger partial charge in [0.25, 0.3) is 0 Å². The molecule has 7 heteroatoms. The Morgan fingerprint density at radius 3 is 2.52 bits per heavy atom. The highest BCUT2D eigenvalue weighted by molar-refractivity contribution is 7.13. The van der Waals surface area contributed by atoms with E-state index in [1.54, 1.807) is 17.5 Å². The summed E-state index contributed by atoms with van der Waals surface area (Å²) in [5, 5.41) is 15.1. The van der Waals surface area contributed by atoms with E-state index in [9.17, 15) is 0 Å². The van der Waals surface area contributed by atoms with Crippen LogP contribution in [0, 0.1) is 11.3 Å². The quantitative estimate of drug-likeness (QED) is 0.393. The Bertz CT molecular complexity index is 1120. The predicted molar refractivity (Wildman–Crippen MR) is 124 cm³/mol. The molecule has 0 atom stereocenters. The fourth-order valence-electron chi connectivity index (χ4n) is 3.22. The first-order valence-electron chi connectivity index (χ1n) is 10.0. The van der Waals surface area contributed by atoms with E-state index in [2.05, 4.69) is 49.4 Å². The Morgan fingerprint density at radius 2 is 1.77 bits per heavy atom. The Kier molecular flexibility index (Phi) is 6.96. The average Bonchev–Trinajstić information content (AvgIpc) is 3.35. The van der Waals surface area contributed by atoms with Crippen molar-refractivity contribution in [3.05, 3.63) is 89.6 Å². The van der Waals surface area contributed by atoms with Crippen LogP contribution in [0.3, 0.4) is 0 Å². The summed E-state index contributed by atoms with van der Waals surface area (Å²) in [6.45, 7) is 2.26. The van der Waals surface area contributed by atoms with Crippen LogP contribution in [0.25, 0.3) is 10.7 Å². The third-order valence-electron chi connectivity index (χ3n) is 4.68. The van der Waals surface area contributed by atoms with E-state index in [1.807, 2.05) is 54.0 Å². The first kappa shape index (κ1) is 20.7. The van der Waals surface area contributed by atoms with Crippen molar-refractivity contribution in [3.63, 3.8) is 0 Å². The lowest BCUT2D eigenvalue weighted by atomic mass is 10.2. The van der Waals surface area contributed by atoms with Crippen LogP contribution in [0.5, 0.6) is 0 Å². The molecule has 0 bridgehead atoms. The fourth-order valence-corrected chi connectivity index (χ4v) is 3.83. The van der Waals surface area contributed by atoms with Gasteiger partial charge in [-0.1, -0.05) is 42.5 Å². The van der Waals surface area contributed by atoms with E-state index in [-0.39, 0.29) is 0 Å². The van der Waals surface area contributed by atoms with E-state index in [0.717, 1.165) is 47.5 Å². The second-order valence-corrected chi connectivity index (χ2v) is 7.92. The van der Waals surface area contributed by atoms with Crippen LogP contribution < -0.4 is 5.32 Å². The predicted octanol–water partition coefficient (Wildman–Crippen LogP) is 5.26. The van der Waals surface area contributed by atoms with Crippen LogP contribution in [-0.4, -0.2) is 26.4 Å². The largest absolute Gasteiger partial charge is 0.325 e. The molecular formula is C24H22N6S. The van der Waals surface area contributed by atoms with Crippen molar-refractivity contribution in [1.82, 2.24) is 19.9 Å². The molecule has 31 heavy (non-hydrogen) atoms. The number of anilines is 2. The molecule has 3 heterocycles. The van der Waals surface area contributed by atoms with Gasteiger partial charge in [0.1, 0.15) is 22.3 Å². The molecule has 0 unspecified atom stereocenters. The third kappa shape index (κ3) is 5.95. The molecule has 1 N–H and O–H groups in total. The van der Waals surface area contributed by atoms with Crippen molar-refractivity contribution < 1.29 is 0 Å². The fraction of sp³-hybridized carbons (Fsp3) is 0.167. The summed E-state index contributed by atoms with van der Waals surface area (Å²) in [5.74, 6) is 1.46. The molecule has 0 saturated heterocycles. The number of aromatic nitrogens is 3. The van der Waals surface area contributed by atoms with E-state index < -0.39 is 0 Å². The molecule has 0 radical (unpaired) electrons. The molecule has 0 saturated carbocycles. The topological polar surface area (TPSA) is 77.7 Å². The summed E-state index contributed by atoms with van der Waals surface area (Å²) in [5.41, 5.74) is 3.17. The molecule has 4 rings (SSSR count). The number of hydrogen-bond donors (Lipinski definition) is 1. The lowest BCUT2D eigenvalue weighted by Crippen LogP contribution is -2.23. The molecular weight excluding hydrogens is 404 g/mol. The maximum Gasteiger partial charge on any atom is 0.141 e. The monoisotopic (exact) mass is 426 g/mol. The molecule has 3 aromatic heterocycles. The van der Waals surface area contributed by atoms with E-state index in [0.29, 0.717) is 6.42 Å². The molecule has 6 nitrogen and oxygen atoms in total. The van der Waals surface area contributed by atoms with Crippen LogP contribution >= 0.6 is 11.3 Å². The van der Waals surface area contributed by atoms with Gasteiger partial charge >= 0.3 is 0 Å². The SMILES string of the molecule is N#CCCN(Cc1ccccc1)Cc1ccc(Nc2cccc(-c3nccs3)n2)nc1. The molecule has 1 aromatic carbocycles. The van der Waals surface area contributed by atoms with Gasteiger partial charge in [-0.25, -0.2) is 15.0 Å². The maximum atomic E-state index is 9.00. The minimum Gasteiger partial charge on any atom is -0.325 e. The normalized spacial score (nSPS) is 10.7. The summed E-state index contributed by atoms with van der Waals surface area (Å²) >= 11 is 1.56. The van der Waals surface area contributed by atoms with Gasteiger partial charge in [0.15, 0.2) is 0 Å². The highest BCUT2D eigenvalue weighted by atomic mass is 32.1. The minimum absolute atomic E-state index is 0.501. The second kappa shape index (κ2) is 10.4. The van der Waals surface area contributed by atoms with Gasteiger partial charge in [-0.3, -0.25) is 4.90 Å². The van der Waals surface area contributed by atoms with E-state index in [4.69, 9.17) is 5.26 Å². The van der Waals surface area contributed by atoms with Crippen LogP contribution in [0.15, 0.2) is 78.4 Å². The van der Waals surface area contributed by atoms with Crippen molar-refractivity contribution in [2.24, 2.45) is 0 Å². The number of nitrogens with one attached hydrogen (secondary N) is 1. The van der Waals surface area contributed by atoms with Crippen LogP contribution in [0.2, 0.25) is 0 Å². The lowest BCUT2D eigenvalue weighted by molar-refractivity contribution is 0.262. The van der Waals surface area contributed by atoms with Crippen molar-refractivity contribution in [2.45, 2.75) is 19.5 Å². The van der Waals surface area contributed by atoms with Crippen LogP contribution in [0.1, 0.15) is 17.5 Å². The lowest BCUT2D eigenvalue weighted by Gasteiger charge is -2.21. The molecule has 0 fully saturated rings. The number of nitriles is 1. The van der Waals surface area contributed by atoms with Crippen LogP contribution in [0.4, 0.5) is 11.6 Å². The van der Waals surface area contributed by atoms with Gasteiger partial charge in [0.2, 0.25) is 0 Å². The maximum absolute atomic E-state index is 9.00. The smallest absolute Gasteiger partial charge is 0.141 e. The third-order valence-corrected chi connectivity index (χ3v) is 5.47. The van der Waals surface area contributed by atoms with Crippen molar-refractivity contribution >= 4 is 23.0 Å². The van der Waals surface area contributed by atoms with Gasteiger partial charge < -0.3 is 5.32 Å². The van der Waals surface area contributed by atoms with Crippen LogP contribution in [-0.2, 0) is 13.1 Å². The highest BCUT2D eigenvalue weighted by Crippen LogP contribution is 2.22. The number of pyridine rings is 2. The molecule has 0 aliphatic heterocycles. The molecule has 0 amide bonds. The van der Waals surface area contributed by atoms with Gasteiger partial charge in [-0.15, -0.1) is 11.3 Å². The first-order chi connectivity index (χ1) is 15.3. The van der Waals surface area contributed by atoms with Crippen molar-refractivity contribution in [2.75, 3.05) is 11.9 Å². The second-order valence-electron chi connectivity index (χ2n) is 7.03. The van der Waals surface area contributed by atoms with Crippen molar-refractivity contribution in [1.29, 1.82) is 5.26 Å². The Labute approximate surface area is 185 Å². The molecule has 154 valence electrons. The number of hydrogen-bond acceptors (Lipinski definition) is 7. The number of nitrogens with zero attached hydrogens (tertiary/aromatic N) is 5. The molecule has 0 aliphatic carbocycles. The standard InChI is InChI=1S/C24H22N6S/c25-12-5-14-30(17-19-6-2-1-3-7-19)18-20-10-11-22(27-16-20)29-23-9-4-8-21(28-23)24-26-13-15-31-24/h1-4,6-11,13,15-16H,5,14,17-18H2,(H,27,28,29). The Morgan fingerprint density at radius 1 is 0.903 bits per heavy atom. The summed E-state index contributed by atoms with van der Waals surface area (Å²) in [7, 11) is 0. The zero-order valence-electron chi connectivity index (χ0n) is 17.0. The van der Waals surface area contributed by atoms with E-state index in [1.165, 1.54) is 5.56 Å². The zero-order valence-corrected chi connectivity index (χ0v) is 17.8.